The first kappa shape index (κ1) is 28.4. The molecule has 1 aliphatic heterocycles. The second kappa shape index (κ2) is 10.7. The fourth-order valence-electron chi connectivity index (χ4n) is 9.35. The summed E-state index contributed by atoms with van der Waals surface area (Å²) < 4.78 is 29.7. The van der Waals surface area contributed by atoms with Crippen molar-refractivity contribution in [1.82, 2.24) is 4.90 Å². The lowest BCUT2D eigenvalue weighted by atomic mass is 9.49. The third kappa shape index (κ3) is 5.00. The van der Waals surface area contributed by atoms with E-state index in [1.54, 1.807) is 0 Å². The Morgan fingerprint density at radius 3 is 2.50 bits per heavy atom. The van der Waals surface area contributed by atoms with Crippen molar-refractivity contribution in [1.29, 1.82) is 0 Å². The summed E-state index contributed by atoms with van der Waals surface area (Å²) in [4.78, 5) is 2.19. The highest BCUT2D eigenvalue weighted by molar-refractivity contribution is 7.91. The Balaban J connectivity index is 1.15. The summed E-state index contributed by atoms with van der Waals surface area (Å²) in [5.74, 6) is 6.75. The summed E-state index contributed by atoms with van der Waals surface area (Å²) in [6.45, 7) is 4.84. The summed E-state index contributed by atoms with van der Waals surface area (Å²) in [7, 11) is -2.87. The van der Waals surface area contributed by atoms with Gasteiger partial charge in [-0.1, -0.05) is 37.3 Å². The number of rotatable bonds is 7. The molecule has 5 nitrogen and oxygen atoms in total. The van der Waals surface area contributed by atoms with Crippen LogP contribution in [0.2, 0.25) is 0 Å². The van der Waals surface area contributed by atoms with Crippen LogP contribution in [-0.2, 0) is 16.3 Å². The Hall–Kier alpha value is -2.33. The number of fused-ring (bicyclic) bond motifs is 5. The van der Waals surface area contributed by atoms with Gasteiger partial charge in [-0.05, 0) is 109 Å². The van der Waals surface area contributed by atoms with Crippen molar-refractivity contribution < 1.29 is 18.3 Å². The van der Waals surface area contributed by atoms with E-state index in [0.29, 0.717) is 49.8 Å². The van der Waals surface area contributed by atoms with E-state index in [9.17, 15) is 13.5 Å². The number of terminal acetylenes is 1. The van der Waals surface area contributed by atoms with E-state index in [4.69, 9.17) is 11.2 Å². The molecule has 42 heavy (non-hydrogen) atoms. The molecule has 0 amide bonds. The van der Waals surface area contributed by atoms with E-state index in [1.807, 2.05) is 0 Å². The molecule has 1 unspecified atom stereocenters. The van der Waals surface area contributed by atoms with Crippen LogP contribution >= 0.6 is 0 Å². The zero-order chi connectivity index (χ0) is 29.1. The molecule has 0 radical (unpaired) electrons. The van der Waals surface area contributed by atoms with Crippen molar-refractivity contribution >= 4 is 9.84 Å². The molecule has 6 heteroatoms. The number of benzene rings is 2. The monoisotopic (exact) mass is 587 g/mol. The van der Waals surface area contributed by atoms with Gasteiger partial charge in [-0.25, -0.2) is 8.42 Å². The molecular formula is C36H45NO4S. The average Bonchev–Trinajstić information content (AvgIpc) is 3.79. The van der Waals surface area contributed by atoms with Crippen LogP contribution in [0.25, 0.3) is 0 Å². The van der Waals surface area contributed by atoms with E-state index in [1.165, 1.54) is 35.1 Å². The van der Waals surface area contributed by atoms with Crippen molar-refractivity contribution in [2.75, 3.05) is 37.7 Å². The zero-order valence-corrected chi connectivity index (χ0v) is 25.7. The van der Waals surface area contributed by atoms with Gasteiger partial charge in [0, 0.05) is 31.5 Å². The number of aliphatic hydroxyl groups is 1. The summed E-state index contributed by atoms with van der Waals surface area (Å²) in [5.41, 5.74) is 4.76. The SMILES string of the molecule is C#CC[C@]1(O)CC[C@H]2[C@@H]3CCc4cc(OCCN5CCS(=O)(=O)CC5)ccc4C3[C@@H](c3ccc(C4CC4)cc3)C[C@@]21C. The number of hydrogen-bond acceptors (Lipinski definition) is 5. The highest BCUT2D eigenvalue weighted by Crippen LogP contribution is 2.68. The van der Waals surface area contributed by atoms with Crippen LogP contribution in [0.3, 0.4) is 0 Å². The molecular weight excluding hydrogens is 542 g/mol. The van der Waals surface area contributed by atoms with Gasteiger partial charge in [0.15, 0.2) is 9.84 Å². The quantitative estimate of drug-likeness (QED) is 0.423. The minimum atomic E-state index is -2.87. The maximum absolute atomic E-state index is 12.0. The van der Waals surface area contributed by atoms with Crippen molar-refractivity contribution in [3.05, 3.63) is 64.7 Å². The molecule has 1 saturated heterocycles. The van der Waals surface area contributed by atoms with Gasteiger partial charge >= 0.3 is 0 Å². The summed E-state index contributed by atoms with van der Waals surface area (Å²) in [6.07, 6.45) is 13.9. The molecule has 6 atom stereocenters. The highest BCUT2D eigenvalue weighted by atomic mass is 32.2. The van der Waals surface area contributed by atoms with Gasteiger partial charge in [-0.2, -0.15) is 0 Å². The lowest BCUT2D eigenvalue weighted by Crippen LogP contribution is -2.52. The molecule has 7 rings (SSSR count). The number of aryl methyl sites for hydroxylation is 1. The minimum absolute atomic E-state index is 0.186. The van der Waals surface area contributed by atoms with E-state index in [0.717, 1.165) is 50.3 Å². The van der Waals surface area contributed by atoms with Crippen LogP contribution in [0.1, 0.15) is 91.9 Å². The Morgan fingerprint density at radius 2 is 1.79 bits per heavy atom. The number of ether oxygens (including phenoxy) is 1. The van der Waals surface area contributed by atoms with Crippen molar-refractivity contribution in [3.63, 3.8) is 0 Å². The Bertz CT molecular complexity index is 1460. The van der Waals surface area contributed by atoms with Crippen LogP contribution < -0.4 is 4.74 Å². The van der Waals surface area contributed by atoms with Crippen LogP contribution in [0.5, 0.6) is 5.75 Å². The summed E-state index contributed by atoms with van der Waals surface area (Å²) >= 11 is 0. The second-order valence-electron chi connectivity index (χ2n) is 14.2. The molecule has 2 aromatic rings. The average molecular weight is 588 g/mol. The van der Waals surface area contributed by atoms with Crippen LogP contribution in [0.15, 0.2) is 42.5 Å². The van der Waals surface area contributed by atoms with Gasteiger partial charge in [0.1, 0.15) is 12.4 Å². The largest absolute Gasteiger partial charge is 0.492 e. The highest BCUT2D eigenvalue weighted by Gasteiger charge is 2.63. The van der Waals surface area contributed by atoms with Crippen molar-refractivity contribution in [3.8, 4) is 18.1 Å². The Morgan fingerprint density at radius 1 is 1.05 bits per heavy atom. The first-order chi connectivity index (χ1) is 20.2. The number of nitrogens with zero attached hydrogens (tertiary/aromatic N) is 1. The molecule has 5 aliphatic rings. The standard InChI is InChI=1S/C36H45NO4S/c1-3-15-36(38)16-14-33-31-12-10-28-23-29(41-20-17-37-18-21-42(39,40)22-19-37)11-13-30(28)34(31)32(24-35(33,36)2)27-8-6-26(7-9-27)25-4-5-25/h1,6-9,11,13,23,25,31-34,38H,4-5,10,12,14-22,24H2,2H3/t31-,32+,33-,34?,35-,36-/m0/s1. The third-order valence-electron chi connectivity index (χ3n) is 11.9. The normalized spacial score (nSPS) is 35.5. The molecule has 3 saturated carbocycles. The smallest absolute Gasteiger partial charge is 0.152 e. The molecule has 1 heterocycles. The van der Waals surface area contributed by atoms with E-state index in [-0.39, 0.29) is 16.9 Å². The zero-order valence-electron chi connectivity index (χ0n) is 24.9. The van der Waals surface area contributed by atoms with Gasteiger partial charge in [0.25, 0.3) is 0 Å². The molecule has 4 aliphatic carbocycles. The van der Waals surface area contributed by atoms with Gasteiger partial charge in [0.2, 0.25) is 0 Å². The van der Waals surface area contributed by atoms with Gasteiger partial charge < -0.3 is 9.84 Å². The third-order valence-corrected chi connectivity index (χ3v) is 13.6. The van der Waals surface area contributed by atoms with Crippen LogP contribution in [0, 0.1) is 29.6 Å². The van der Waals surface area contributed by atoms with Crippen LogP contribution in [0.4, 0.5) is 0 Å². The first-order valence-corrected chi connectivity index (χ1v) is 18.0. The van der Waals surface area contributed by atoms with Crippen molar-refractivity contribution in [2.24, 2.45) is 17.3 Å². The minimum Gasteiger partial charge on any atom is -0.492 e. The predicted octanol–water partition coefficient (Wildman–Crippen LogP) is 5.68. The van der Waals surface area contributed by atoms with E-state index >= 15 is 0 Å². The fourth-order valence-corrected chi connectivity index (χ4v) is 10.6. The van der Waals surface area contributed by atoms with Crippen LogP contribution in [-0.4, -0.2) is 61.8 Å². The van der Waals surface area contributed by atoms with E-state index in [2.05, 4.69) is 60.2 Å². The summed E-state index contributed by atoms with van der Waals surface area (Å²) in [5, 5.41) is 12.0. The summed E-state index contributed by atoms with van der Waals surface area (Å²) in [6, 6.07) is 16.2. The van der Waals surface area contributed by atoms with Gasteiger partial charge in [-0.15, -0.1) is 12.3 Å². The Kier molecular flexibility index (Phi) is 7.23. The first-order valence-electron chi connectivity index (χ1n) is 16.1. The van der Waals surface area contributed by atoms with Gasteiger partial charge in [-0.3, -0.25) is 4.90 Å². The maximum Gasteiger partial charge on any atom is 0.152 e. The van der Waals surface area contributed by atoms with E-state index < -0.39 is 15.4 Å². The lowest BCUT2D eigenvalue weighted by molar-refractivity contribution is -0.105. The predicted molar refractivity (Wildman–Crippen MR) is 167 cm³/mol. The Labute approximate surface area is 252 Å². The molecule has 1 N–H and O–H groups in total. The number of sulfone groups is 1. The lowest BCUT2D eigenvalue weighted by Gasteiger charge is -2.56. The number of hydrogen-bond donors (Lipinski definition) is 1. The fraction of sp³-hybridized carbons (Fsp3) is 0.611. The molecule has 0 spiro atoms. The molecule has 0 bridgehead atoms. The topological polar surface area (TPSA) is 66.8 Å². The molecule has 0 aromatic heterocycles. The molecule has 224 valence electrons. The van der Waals surface area contributed by atoms with Gasteiger partial charge in [0.05, 0.1) is 17.1 Å². The molecule has 4 fully saturated rings. The maximum atomic E-state index is 12.0. The second-order valence-corrected chi connectivity index (χ2v) is 16.5. The van der Waals surface area contributed by atoms with Crippen molar-refractivity contribution in [2.45, 2.75) is 81.6 Å². The molecule has 2 aromatic carbocycles.